The Labute approximate surface area is 99.4 Å². The van der Waals surface area contributed by atoms with E-state index in [1.807, 2.05) is 0 Å². The summed E-state index contributed by atoms with van der Waals surface area (Å²) in [6, 6.07) is 0. The Balaban J connectivity index is 4.02. The predicted octanol–water partition coefficient (Wildman–Crippen LogP) is 2.84. The maximum absolute atomic E-state index is 10.8. The van der Waals surface area contributed by atoms with E-state index in [1.165, 1.54) is 0 Å². The van der Waals surface area contributed by atoms with Gasteiger partial charge in [0.2, 0.25) is 3.79 Å². The molecule has 0 radical (unpaired) electrons. The van der Waals surface area contributed by atoms with Gasteiger partial charge in [-0.3, -0.25) is 4.79 Å². The van der Waals surface area contributed by atoms with Crippen LogP contribution in [0.5, 0.6) is 0 Å². The molecule has 0 rings (SSSR count). The van der Waals surface area contributed by atoms with Crippen molar-refractivity contribution in [2.75, 3.05) is 0 Å². The molecule has 1 unspecified atom stereocenters. The molecule has 0 saturated heterocycles. The van der Waals surface area contributed by atoms with Crippen molar-refractivity contribution < 1.29 is 4.79 Å². The summed E-state index contributed by atoms with van der Waals surface area (Å²) in [6.45, 7) is 0. The first-order valence-corrected chi connectivity index (χ1v) is 4.98. The Morgan fingerprint density at radius 3 is 1.83 bits per heavy atom. The zero-order valence-electron chi connectivity index (χ0n) is 5.33. The fraction of sp³-hybridized carbons (Fsp3) is 0.750. The van der Waals surface area contributed by atoms with Crippen molar-refractivity contribution in [2.24, 2.45) is 0 Å². The SMILES string of the molecule is O=C(NC(Cl)C(Cl)(Cl)Cl)C(Cl)Cl. The monoisotopic (exact) mass is 291 g/mol. The van der Waals surface area contributed by atoms with Gasteiger partial charge in [0.1, 0.15) is 0 Å². The van der Waals surface area contributed by atoms with Crippen molar-refractivity contribution in [2.45, 2.75) is 14.1 Å². The van der Waals surface area contributed by atoms with E-state index in [0.717, 1.165) is 0 Å². The van der Waals surface area contributed by atoms with E-state index in [-0.39, 0.29) is 0 Å². The number of carbonyl (C=O) groups is 1. The highest BCUT2D eigenvalue weighted by Gasteiger charge is 2.33. The lowest BCUT2D eigenvalue weighted by molar-refractivity contribution is -0.119. The van der Waals surface area contributed by atoms with E-state index < -0.39 is 20.0 Å². The summed E-state index contributed by atoms with van der Waals surface area (Å²) in [5.74, 6) is -0.718. The molecule has 0 saturated carbocycles. The molecule has 0 heterocycles. The van der Waals surface area contributed by atoms with Gasteiger partial charge in [-0.15, -0.1) is 0 Å². The molecule has 0 aromatic rings. The Morgan fingerprint density at radius 1 is 1.17 bits per heavy atom. The predicted molar refractivity (Wildman–Crippen MR) is 53.6 cm³/mol. The number of hydrogen-bond acceptors (Lipinski definition) is 1. The van der Waals surface area contributed by atoms with Crippen LogP contribution >= 0.6 is 69.6 Å². The Kier molecular flexibility index (Phi) is 5.70. The van der Waals surface area contributed by atoms with Gasteiger partial charge in [-0.05, 0) is 0 Å². The van der Waals surface area contributed by atoms with Crippen molar-refractivity contribution in [3.63, 3.8) is 0 Å². The summed E-state index contributed by atoms with van der Waals surface area (Å²) in [6.07, 6.45) is 0. The van der Waals surface area contributed by atoms with E-state index >= 15 is 0 Å². The Hall–Kier alpha value is 1.21. The summed E-state index contributed by atoms with van der Waals surface area (Å²) in [5.41, 5.74) is -1.17. The molecule has 8 heteroatoms. The highest BCUT2D eigenvalue weighted by Crippen LogP contribution is 2.32. The first-order valence-electron chi connectivity index (χ1n) is 2.54. The van der Waals surface area contributed by atoms with Crippen LogP contribution in [0.25, 0.3) is 0 Å². The fourth-order valence-electron chi connectivity index (χ4n) is 0.270. The van der Waals surface area contributed by atoms with Gasteiger partial charge in [0.05, 0.1) is 0 Å². The van der Waals surface area contributed by atoms with Crippen molar-refractivity contribution in [1.82, 2.24) is 5.32 Å². The number of rotatable bonds is 2. The molecule has 1 N–H and O–H groups in total. The van der Waals surface area contributed by atoms with E-state index in [9.17, 15) is 4.79 Å². The molecule has 0 aromatic heterocycles. The van der Waals surface area contributed by atoms with Crippen LogP contribution in [-0.2, 0) is 4.79 Å². The zero-order valence-corrected chi connectivity index (χ0v) is 9.87. The van der Waals surface area contributed by atoms with Crippen molar-refractivity contribution >= 4 is 75.5 Å². The van der Waals surface area contributed by atoms with Gasteiger partial charge in [0, 0.05) is 0 Å². The van der Waals surface area contributed by atoms with Crippen molar-refractivity contribution in [3.8, 4) is 0 Å². The molecule has 0 fully saturated rings. The number of amides is 1. The summed E-state index contributed by atoms with van der Waals surface area (Å²) < 4.78 is -1.79. The molecule has 0 spiro atoms. The van der Waals surface area contributed by atoms with Crippen molar-refractivity contribution in [1.29, 1.82) is 0 Å². The van der Waals surface area contributed by atoms with E-state index in [1.54, 1.807) is 0 Å². The molecule has 0 bridgehead atoms. The minimum Gasteiger partial charge on any atom is -0.334 e. The third-order valence-electron chi connectivity index (χ3n) is 0.755. The molecule has 12 heavy (non-hydrogen) atoms. The zero-order chi connectivity index (χ0) is 9.94. The normalized spacial score (nSPS) is 14.6. The molecule has 0 aliphatic carbocycles. The number of hydrogen-bond donors (Lipinski definition) is 1. The summed E-state index contributed by atoms with van der Waals surface area (Å²) in [7, 11) is 0. The third kappa shape index (κ3) is 5.05. The van der Waals surface area contributed by atoms with Crippen LogP contribution in [0.1, 0.15) is 0 Å². The van der Waals surface area contributed by atoms with Crippen LogP contribution in [0, 0.1) is 0 Å². The van der Waals surface area contributed by atoms with Gasteiger partial charge in [0.25, 0.3) is 5.91 Å². The lowest BCUT2D eigenvalue weighted by Gasteiger charge is -2.19. The summed E-state index contributed by atoms with van der Waals surface area (Å²) >= 11 is 31.8. The first-order chi connectivity index (χ1) is 5.25. The molecular weight excluding hydrogens is 291 g/mol. The molecule has 1 atom stereocenters. The summed E-state index contributed by atoms with van der Waals surface area (Å²) in [4.78, 5) is 9.53. The fourth-order valence-corrected chi connectivity index (χ4v) is 0.667. The van der Waals surface area contributed by atoms with E-state index in [0.29, 0.717) is 0 Å². The highest BCUT2D eigenvalue weighted by molar-refractivity contribution is 6.70. The van der Waals surface area contributed by atoms with Gasteiger partial charge in [-0.1, -0.05) is 69.6 Å². The highest BCUT2D eigenvalue weighted by atomic mass is 35.6. The topological polar surface area (TPSA) is 29.1 Å². The van der Waals surface area contributed by atoms with Gasteiger partial charge in [0.15, 0.2) is 10.3 Å². The molecule has 1 amide bonds. The maximum atomic E-state index is 10.8. The smallest absolute Gasteiger partial charge is 0.254 e. The van der Waals surface area contributed by atoms with Gasteiger partial charge < -0.3 is 5.32 Å². The molecule has 72 valence electrons. The molecule has 0 aromatic carbocycles. The number of nitrogens with one attached hydrogen (secondary N) is 1. The van der Waals surface area contributed by atoms with Crippen molar-refractivity contribution in [3.05, 3.63) is 0 Å². The quantitative estimate of drug-likeness (QED) is 0.616. The van der Waals surface area contributed by atoms with Gasteiger partial charge in [-0.2, -0.15) is 0 Å². The third-order valence-corrected chi connectivity index (χ3v) is 2.58. The van der Waals surface area contributed by atoms with Crippen LogP contribution in [0.15, 0.2) is 0 Å². The first kappa shape index (κ1) is 13.2. The molecule has 2 nitrogen and oxygen atoms in total. The lowest BCUT2D eigenvalue weighted by atomic mass is 10.6. The van der Waals surface area contributed by atoms with E-state index in [2.05, 4.69) is 5.32 Å². The van der Waals surface area contributed by atoms with Crippen LogP contribution in [0.4, 0.5) is 0 Å². The molecule has 0 aliphatic rings. The Morgan fingerprint density at radius 2 is 1.58 bits per heavy atom. The molecule has 0 aliphatic heterocycles. The average molecular weight is 294 g/mol. The number of carbonyl (C=O) groups excluding carboxylic acids is 1. The molecular formula is C4H3Cl6NO. The number of halogens is 6. The summed E-state index contributed by atoms with van der Waals surface area (Å²) in [5, 5.41) is 2.09. The van der Waals surface area contributed by atoms with Gasteiger partial charge in [-0.25, -0.2) is 0 Å². The lowest BCUT2D eigenvalue weighted by Crippen LogP contribution is -2.41. The minimum absolute atomic E-state index is 0.718. The second kappa shape index (κ2) is 5.18. The van der Waals surface area contributed by atoms with Crippen LogP contribution in [0.2, 0.25) is 0 Å². The second-order valence-electron chi connectivity index (χ2n) is 1.71. The maximum Gasteiger partial charge on any atom is 0.254 e. The standard InChI is InChI=1S/C4H3Cl6NO/c5-1(6)2(12)11-3(7)4(8,9)10/h1,3H,(H,11,12). The minimum atomic E-state index is -1.79. The Bertz CT molecular complexity index is 165. The van der Waals surface area contributed by atoms with E-state index in [4.69, 9.17) is 69.6 Å². The van der Waals surface area contributed by atoms with Crippen LogP contribution < -0.4 is 5.32 Å². The largest absolute Gasteiger partial charge is 0.334 e. The average Bonchev–Trinajstić information content (AvgIpc) is 1.85. The van der Waals surface area contributed by atoms with Crippen LogP contribution in [0.3, 0.4) is 0 Å². The van der Waals surface area contributed by atoms with Crippen LogP contribution in [-0.4, -0.2) is 20.0 Å². The second-order valence-corrected chi connectivity index (χ2v) is 5.62. The van der Waals surface area contributed by atoms with Gasteiger partial charge >= 0.3 is 0 Å². The number of alkyl halides is 6.